The quantitative estimate of drug-likeness (QED) is 0.800. The van der Waals surface area contributed by atoms with Crippen molar-refractivity contribution in [2.75, 3.05) is 18.5 Å². The molecule has 1 aliphatic heterocycles. The number of amides is 1. The highest BCUT2D eigenvalue weighted by molar-refractivity contribution is 9.09. The maximum atomic E-state index is 11.7. The molecule has 0 spiro atoms. The summed E-state index contributed by atoms with van der Waals surface area (Å²) < 4.78 is 5.32. The molecule has 0 unspecified atom stereocenters. The molecule has 88 valence electrons. The van der Waals surface area contributed by atoms with Crippen molar-refractivity contribution in [1.29, 1.82) is 0 Å². The van der Waals surface area contributed by atoms with Gasteiger partial charge >= 0.3 is 0 Å². The van der Waals surface area contributed by atoms with Gasteiger partial charge in [0.15, 0.2) is 0 Å². The molecule has 1 aliphatic rings. The number of nitrogens with one attached hydrogen (secondary N) is 1. The Labute approximate surface area is 100 Å². The molecule has 1 heterocycles. The summed E-state index contributed by atoms with van der Waals surface area (Å²) >= 11 is 3.49. The molecule has 0 aromatic carbocycles. The third-order valence-electron chi connectivity index (χ3n) is 2.70. The molecule has 0 aliphatic carbocycles. The maximum Gasteiger partial charge on any atom is 0.220 e. The summed E-state index contributed by atoms with van der Waals surface area (Å²) in [6, 6.07) is 0. The van der Waals surface area contributed by atoms with Crippen molar-refractivity contribution >= 4 is 21.8 Å². The number of alkyl halides is 1. The molecule has 1 amide bonds. The largest absolute Gasteiger partial charge is 0.381 e. The van der Waals surface area contributed by atoms with E-state index in [1.807, 2.05) is 0 Å². The second-order valence-corrected chi connectivity index (χ2v) is 5.23. The minimum absolute atomic E-state index is 0.0791. The second-order valence-electron chi connectivity index (χ2n) is 4.67. The Morgan fingerprint density at radius 3 is 2.53 bits per heavy atom. The zero-order valence-electron chi connectivity index (χ0n) is 9.51. The standard InChI is InChI=1S/C11H20BrNO2/c1-9(2)7-10(14)13-11(8-12)3-5-15-6-4-11/h9H,3-8H2,1-2H3,(H,13,14). The summed E-state index contributed by atoms with van der Waals surface area (Å²) in [5, 5.41) is 3.96. The molecular formula is C11H20BrNO2. The van der Waals surface area contributed by atoms with E-state index in [-0.39, 0.29) is 11.4 Å². The molecule has 15 heavy (non-hydrogen) atoms. The van der Waals surface area contributed by atoms with Crippen LogP contribution in [0.2, 0.25) is 0 Å². The smallest absolute Gasteiger partial charge is 0.220 e. The Morgan fingerprint density at radius 2 is 2.07 bits per heavy atom. The van der Waals surface area contributed by atoms with Crippen molar-refractivity contribution in [2.24, 2.45) is 5.92 Å². The predicted molar refractivity (Wildman–Crippen MR) is 64.2 cm³/mol. The molecule has 0 radical (unpaired) electrons. The van der Waals surface area contributed by atoms with Gasteiger partial charge in [0.05, 0.1) is 5.54 Å². The fraction of sp³-hybridized carbons (Fsp3) is 0.909. The van der Waals surface area contributed by atoms with Crippen molar-refractivity contribution in [3.63, 3.8) is 0 Å². The molecule has 0 aromatic rings. The summed E-state index contributed by atoms with van der Waals surface area (Å²) in [7, 11) is 0. The fourth-order valence-corrected chi connectivity index (χ4v) is 2.47. The molecule has 3 nitrogen and oxygen atoms in total. The van der Waals surface area contributed by atoms with Gasteiger partial charge in [0.2, 0.25) is 5.91 Å². The zero-order valence-corrected chi connectivity index (χ0v) is 11.1. The van der Waals surface area contributed by atoms with E-state index in [2.05, 4.69) is 35.1 Å². The molecular weight excluding hydrogens is 258 g/mol. The number of halogens is 1. The maximum absolute atomic E-state index is 11.7. The van der Waals surface area contributed by atoms with Crippen LogP contribution in [0.25, 0.3) is 0 Å². The molecule has 0 atom stereocenters. The molecule has 1 N–H and O–H groups in total. The Hall–Kier alpha value is -0.0900. The molecule has 0 bridgehead atoms. The van der Waals surface area contributed by atoms with Crippen molar-refractivity contribution in [1.82, 2.24) is 5.32 Å². The third-order valence-corrected chi connectivity index (χ3v) is 3.78. The topological polar surface area (TPSA) is 38.3 Å². The third kappa shape index (κ3) is 4.11. The zero-order chi connectivity index (χ0) is 11.3. The summed E-state index contributed by atoms with van der Waals surface area (Å²) in [6.45, 7) is 5.61. The number of hydrogen-bond donors (Lipinski definition) is 1. The predicted octanol–water partition coefficient (Wildman–Crippen LogP) is 2.09. The average molecular weight is 278 g/mol. The van der Waals surface area contributed by atoms with E-state index >= 15 is 0 Å². The van der Waals surface area contributed by atoms with E-state index in [1.54, 1.807) is 0 Å². The lowest BCUT2D eigenvalue weighted by Crippen LogP contribution is -2.53. The number of ether oxygens (including phenoxy) is 1. The number of carbonyl (C=O) groups is 1. The highest BCUT2D eigenvalue weighted by Crippen LogP contribution is 2.23. The normalized spacial score (nSPS) is 20.3. The van der Waals surface area contributed by atoms with E-state index < -0.39 is 0 Å². The van der Waals surface area contributed by atoms with Crippen LogP contribution in [0.15, 0.2) is 0 Å². The van der Waals surface area contributed by atoms with Crippen LogP contribution in [0.3, 0.4) is 0 Å². The van der Waals surface area contributed by atoms with E-state index in [1.165, 1.54) is 0 Å². The molecule has 1 fully saturated rings. The SMILES string of the molecule is CC(C)CC(=O)NC1(CBr)CCOCC1. The first-order chi connectivity index (χ1) is 7.08. The second kappa shape index (κ2) is 5.85. The van der Waals surface area contributed by atoms with Gasteiger partial charge in [-0.1, -0.05) is 29.8 Å². The summed E-state index contributed by atoms with van der Waals surface area (Å²) in [6.07, 6.45) is 2.42. The van der Waals surface area contributed by atoms with Crippen LogP contribution in [0.1, 0.15) is 33.1 Å². The molecule has 4 heteroatoms. The molecule has 1 saturated heterocycles. The Balaban J connectivity index is 2.47. The number of carbonyl (C=O) groups excluding carboxylic acids is 1. The van der Waals surface area contributed by atoms with Crippen LogP contribution in [-0.4, -0.2) is 30.0 Å². The lowest BCUT2D eigenvalue weighted by atomic mass is 9.92. The van der Waals surface area contributed by atoms with Gasteiger partial charge in [0.25, 0.3) is 0 Å². The van der Waals surface area contributed by atoms with Gasteiger partial charge in [0.1, 0.15) is 0 Å². The van der Waals surface area contributed by atoms with Crippen LogP contribution in [0.5, 0.6) is 0 Å². The Kier molecular flexibility index (Phi) is 5.06. The lowest BCUT2D eigenvalue weighted by molar-refractivity contribution is -0.124. The first kappa shape index (κ1) is 13.0. The van der Waals surface area contributed by atoms with Crippen LogP contribution >= 0.6 is 15.9 Å². The van der Waals surface area contributed by atoms with Gasteiger partial charge < -0.3 is 10.1 Å². The van der Waals surface area contributed by atoms with Gasteiger partial charge in [-0.25, -0.2) is 0 Å². The Bertz CT molecular complexity index is 213. The first-order valence-electron chi connectivity index (χ1n) is 5.53. The first-order valence-corrected chi connectivity index (χ1v) is 6.65. The van der Waals surface area contributed by atoms with Crippen molar-refractivity contribution in [3.05, 3.63) is 0 Å². The summed E-state index contributed by atoms with van der Waals surface area (Å²) in [4.78, 5) is 11.7. The highest BCUT2D eigenvalue weighted by atomic mass is 79.9. The van der Waals surface area contributed by atoms with Crippen molar-refractivity contribution in [2.45, 2.75) is 38.6 Å². The van der Waals surface area contributed by atoms with E-state index in [9.17, 15) is 4.79 Å². The van der Waals surface area contributed by atoms with E-state index in [0.717, 1.165) is 31.4 Å². The van der Waals surface area contributed by atoms with Gasteiger partial charge in [-0.3, -0.25) is 4.79 Å². The highest BCUT2D eigenvalue weighted by Gasteiger charge is 2.32. The minimum Gasteiger partial charge on any atom is -0.381 e. The van der Waals surface area contributed by atoms with E-state index in [4.69, 9.17) is 4.74 Å². The monoisotopic (exact) mass is 277 g/mol. The summed E-state index contributed by atoms with van der Waals surface area (Å²) in [5.41, 5.74) is -0.0791. The van der Waals surface area contributed by atoms with E-state index in [0.29, 0.717) is 12.3 Å². The molecule has 0 aromatic heterocycles. The van der Waals surface area contributed by atoms with Gasteiger partial charge in [-0.15, -0.1) is 0 Å². The van der Waals surface area contributed by atoms with Gasteiger partial charge in [-0.2, -0.15) is 0 Å². The summed E-state index contributed by atoms with van der Waals surface area (Å²) in [5.74, 6) is 0.573. The van der Waals surface area contributed by atoms with Crippen LogP contribution in [-0.2, 0) is 9.53 Å². The lowest BCUT2D eigenvalue weighted by Gasteiger charge is -2.36. The van der Waals surface area contributed by atoms with Gasteiger partial charge in [0, 0.05) is 25.0 Å². The van der Waals surface area contributed by atoms with Crippen molar-refractivity contribution in [3.8, 4) is 0 Å². The van der Waals surface area contributed by atoms with Crippen LogP contribution in [0, 0.1) is 5.92 Å². The number of hydrogen-bond acceptors (Lipinski definition) is 2. The average Bonchev–Trinajstić information content (AvgIpc) is 2.17. The number of rotatable bonds is 4. The minimum atomic E-state index is -0.0791. The van der Waals surface area contributed by atoms with Gasteiger partial charge in [-0.05, 0) is 18.8 Å². The molecule has 1 rings (SSSR count). The Morgan fingerprint density at radius 1 is 1.47 bits per heavy atom. The van der Waals surface area contributed by atoms with Crippen molar-refractivity contribution < 1.29 is 9.53 Å². The van der Waals surface area contributed by atoms with Crippen LogP contribution in [0.4, 0.5) is 0 Å². The molecule has 0 saturated carbocycles. The fourth-order valence-electron chi connectivity index (χ4n) is 1.77. The van der Waals surface area contributed by atoms with Crippen LogP contribution < -0.4 is 5.32 Å².